The van der Waals surface area contributed by atoms with Gasteiger partial charge in [-0.2, -0.15) is 0 Å². The second-order valence-electron chi connectivity index (χ2n) is 7.50. The van der Waals surface area contributed by atoms with Crippen molar-refractivity contribution in [3.05, 3.63) is 71.6 Å². The first-order valence-corrected chi connectivity index (χ1v) is 9.25. The molecule has 6 heteroatoms. The molecular formula is C21H23FN4O. The normalized spacial score (nSPS) is 16.5. The van der Waals surface area contributed by atoms with Gasteiger partial charge < -0.3 is 9.32 Å². The summed E-state index contributed by atoms with van der Waals surface area (Å²) in [5, 5.41) is 0. The lowest BCUT2D eigenvalue weighted by atomic mass is 9.80. The Morgan fingerprint density at radius 3 is 2.70 bits per heavy atom. The molecular weight excluding hydrogens is 343 g/mol. The minimum atomic E-state index is -0.230. The zero-order valence-electron chi connectivity index (χ0n) is 15.7. The summed E-state index contributed by atoms with van der Waals surface area (Å²) in [7, 11) is 0. The van der Waals surface area contributed by atoms with Crippen molar-refractivity contribution in [3.8, 4) is 0 Å². The number of aryl methyl sites for hydroxylation is 1. The summed E-state index contributed by atoms with van der Waals surface area (Å²) in [6.45, 7) is 5.97. The molecule has 3 heterocycles. The second kappa shape index (κ2) is 7.10. The van der Waals surface area contributed by atoms with Crippen LogP contribution < -0.4 is 4.90 Å². The Kier molecular flexibility index (Phi) is 4.64. The van der Waals surface area contributed by atoms with E-state index in [0.29, 0.717) is 6.42 Å². The summed E-state index contributed by atoms with van der Waals surface area (Å²) in [6.07, 6.45) is 5.82. The molecule has 0 bridgehead atoms. The number of hydrogen-bond acceptors (Lipinski definition) is 5. The number of rotatable bonds is 4. The van der Waals surface area contributed by atoms with E-state index in [1.165, 1.54) is 12.1 Å². The van der Waals surface area contributed by atoms with Crippen LogP contribution in [0.5, 0.6) is 0 Å². The minimum Gasteiger partial charge on any atom is -0.445 e. The maximum atomic E-state index is 13.4. The smallest absolute Gasteiger partial charge is 0.200 e. The summed E-state index contributed by atoms with van der Waals surface area (Å²) in [6, 6.07) is 8.61. The first-order chi connectivity index (χ1) is 13.0. The lowest BCUT2D eigenvalue weighted by Gasteiger charge is -2.37. The van der Waals surface area contributed by atoms with E-state index in [1.54, 1.807) is 18.6 Å². The molecule has 3 aromatic rings. The molecule has 0 unspecified atom stereocenters. The Bertz CT molecular complexity index is 931. The molecule has 1 aliphatic heterocycles. The first-order valence-electron chi connectivity index (χ1n) is 9.25. The number of piperidine rings is 1. The van der Waals surface area contributed by atoms with Gasteiger partial charge in [-0.3, -0.25) is 0 Å². The third-order valence-corrected chi connectivity index (χ3v) is 5.32. The van der Waals surface area contributed by atoms with E-state index >= 15 is 0 Å². The fraction of sp³-hybridized carbons (Fsp3) is 0.381. The number of hydrogen-bond donors (Lipinski definition) is 0. The van der Waals surface area contributed by atoms with Crippen molar-refractivity contribution < 1.29 is 8.81 Å². The highest BCUT2D eigenvalue weighted by Crippen LogP contribution is 2.36. The fourth-order valence-corrected chi connectivity index (χ4v) is 3.57. The molecule has 2 aromatic heterocycles. The molecule has 0 atom stereocenters. The molecule has 1 aromatic carbocycles. The average molecular weight is 366 g/mol. The molecule has 4 rings (SSSR count). The molecule has 0 spiro atoms. The van der Waals surface area contributed by atoms with Crippen molar-refractivity contribution in [2.24, 2.45) is 0 Å². The zero-order chi connectivity index (χ0) is 18.9. The van der Waals surface area contributed by atoms with E-state index in [9.17, 15) is 4.39 Å². The molecule has 1 aliphatic rings. The number of halogens is 1. The number of anilines is 1. The Hall–Kier alpha value is -2.76. The molecule has 0 amide bonds. The van der Waals surface area contributed by atoms with Crippen LogP contribution in [-0.4, -0.2) is 28.0 Å². The van der Waals surface area contributed by atoms with Crippen molar-refractivity contribution >= 4 is 5.82 Å². The number of aromatic nitrogens is 3. The van der Waals surface area contributed by atoms with Gasteiger partial charge in [-0.15, -0.1) is 0 Å². The van der Waals surface area contributed by atoms with Crippen LogP contribution in [0.15, 0.2) is 47.3 Å². The molecule has 0 saturated carbocycles. The topological polar surface area (TPSA) is 55.1 Å². The van der Waals surface area contributed by atoms with E-state index in [1.807, 2.05) is 19.1 Å². The maximum absolute atomic E-state index is 13.4. The molecule has 1 saturated heterocycles. The van der Waals surface area contributed by atoms with Gasteiger partial charge in [0, 0.05) is 36.7 Å². The van der Waals surface area contributed by atoms with Crippen LogP contribution in [0.3, 0.4) is 0 Å². The first kappa shape index (κ1) is 17.6. The van der Waals surface area contributed by atoms with Crippen LogP contribution in [0, 0.1) is 12.7 Å². The van der Waals surface area contributed by atoms with Gasteiger partial charge in [-0.1, -0.05) is 19.1 Å². The van der Waals surface area contributed by atoms with Gasteiger partial charge in [0.15, 0.2) is 5.89 Å². The predicted molar refractivity (Wildman–Crippen MR) is 101 cm³/mol. The summed E-state index contributed by atoms with van der Waals surface area (Å²) in [5.74, 6) is 2.29. The van der Waals surface area contributed by atoms with Crippen LogP contribution in [-0.2, 0) is 11.8 Å². The average Bonchev–Trinajstić information content (AvgIpc) is 3.12. The summed E-state index contributed by atoms with van der Waals surface area (Å²) in [5.41, 5.74) is 1.76. The number of benzene rings is 1. The summed E-state index contributed by atoms with van der Waals surface area (Å²) >= 11 is 0. The Balaban J connectivity index is 1.44. The van der Waals surface area contributed by atoms with Gasteiger partial charge in [0.05, 0.1) is 6.20 Å². The van der Waals surface area contributed by atoms with Crippen molar-refractivity contribution in [3.63, 3.8) is 0 Å². The minimum absolute atomic E-state index is 0.0984. The van der Waals surface area contributed by atoms with Gasteiger partial charge in [0.2, 0.25) is 0 Å². The number of nitrogens with zero attached hydrogens (tertiary/aromatic N) is 4. The highest BCUT2D eigenvalue weighted by molar-refractivity contribution is 5.39. The molecule has 5 nitrogen and oxygen atoms in total. The van der Waals surface area contributed by atoms with E-state index in [0.717, 1.165) is 54.7 Å². The van der Waals surface area contributed by atoms with Crippen LogP contribution in [0.2, 0.25) is 0 Å². The van der Waals surface area contributed by atoms with Gasteiger partial charge in [0.25, 0.3) is 0 Å². The monoisotopic (exact) mass is 366 g/mol. The highest BCUT2D eigenvalue weighted by atomic mass is 19.1. The van der Waals surface area contributed by atoms with Crippen LogP contribution in [0.4, 0.5) is 10.2 Å². The molecule has 1 fully saturated rings. The summed E-state index contributed by atoms with van der Waals surface area (Å²) in [4.78, 5) is 15.4. The van der Waals surface area contributed by atoms with Crippen molar-refractivity contribution in [2.45, 2.75) is 38.5 Å². The fourth-order valence-electron chi connectivity index (χ4n) is 3.57. The largest absolute Gasteiger partial charge is 0.445 e. The lowest BCUT2D eigenvalue weighted by molar-refractivity contribution is 0.278. The van der Waals surface area contributed by atoms with E-state index in [2.05, 4.69) is 26.8 Å². The quantitative estimate of drug-likeness (QED) is 0.697. The van der Waals surface area contributed by atoms with Gasteiger partial charge in [-0.25, -0.2) is 19.3 Å². The third-order valence-electron chi connectivity index (χ3n) is 5.32. The van der Waals surface area contributed by atoms with Crippen LogP contribution in [0.25, 0.3) is 0 Å². The van der Waals surface area contributed by atoms with Crippen molar-refractivity contribution in [2.75, 3.05) is 18.0 Å². The third kappa shape index (κ3) is 3.84. The molecule has 0 N–H and O–H groups in total. The van der Waals surface area contributed by atoms with E-state index in [-0.39, 0.29) is 11.2 Å². The highest BCUT2D eigenvalue weighted by Gasteiger charge is 2.36. The number of oxazole rings is 1. The van der Waals surface area contributed by atoms with Crippen LogP contribution in [0.1, 0.15) is 42.7 Å². The summed E-state index contributed by atoms with van der Waals surface area (Å²) < 4.78 is 19.4. The van der Waals surface area contributed by atoms with Gasteiger partial charge in [-0.05, 0) is 37.5 Å². The lowest BCUT2D eigenvalue weighted by Crippen LogP contribution is -2.41. The van der Waals surface area contributed by atoms with Crippen molar-refractivity contribution in [1.29, 1.82) is 0 Å². The van der Waals surface area contributed by atoms with E-state index in [4.69, 9.17) is 4.42 Å². The van der Waals surface area contributed by atoms with Crippen LogP contribution >= 0.6 is 0 Å². The van der Waals surface area contributed by atoms with Crippen molar-refractivity contribution in [1.82, 2.24) is 15.0 Å². The molecule has 27 heavy (non-hydrogen) atoms. The Labute approximate surface area is 158 Å². The Morgan fingerprint density at radius 1 is 1.15 bits per heavy atom. The SMILES string of the molecule is Cc1cc(N2CCC(C)(c3ncc(Cc4cccc(F)c4)o3)CC2)ncn1. The molecule has 140 valence electrons. The molecule has 0 radical (unpaired) electrons. The second-order valence-corrected chi connectivity index (χ2v) is 7.50. The maximum Gasteiger partial charge on any atom is 0.200 e. The van der Waals surface area contributed by atoms with Gasteiger partial charge >= 0.3 is 0 Å². The zero-order valence-corrected chi connectivity index (χ0v) is 15.7. The standard InChI is InChI=1S/C21H23FN4O/c1-15-10-19(25-14-24-15)26-8-6-21(2,7-9-26)20-23-13-18(27-20)12-16-4-3-5-17(22)11-16/h3-5,10-11,13-14H,6-9,12H2,1-2H3. The van der Waals surface area contributed by atoms with E-state index < -0.39 is 0 Å². The van der Waals surface area contributed by atoms with Gasteiger partial charge in [0.1, 0.15) is 23.7 Å². The Morgan fingerprint density at radius 2 is 1.96 bits per heavy atom. The molecule has 0 aliphatic carbocycles. The predicted octanol–water partition coefficient (Wildman–Crippen LogP) is 4.06.